The van der Waals surface area contributed by atoms with Gasteiger partial charge in [-0.05, 0) is 24.6 Å². The van der Waals surface area contributed by atoms with Crippen LogP contribution in [0.3, 0.4) is 0 Å². The van der Waals surface area contributed by atoms with Crippen LogP contribution in [-0.4, -0.2) is 18.6 Å². The third kappa shape index (κ3) is 3.99. The smallest absolute Gasteiger partial charge is 0.345 e. The average molecular weight is 325 g/mol. The molecule has 0 fully saturated rings. The highest BCUT2D eigenvalue weighted by molar-refractivity contribution is 9.10. The third-order valence-electron chi connectivity index (χ3n) is 2.36. The van der Waals surface area contributed by atoms with Crippen molar-refractivity contribution in [1.82, 2.24) is 5.32 Å². The van der Waals surface area contributed by atoms with Crippen molar-refractivity contribution >= 4 is 21.8 Å². The van der Waals surface area contributed by atoms with Crippen molar-refractivity contribution in [2.24, 2.45) is 5.73 Å². The van der Waals surface area contributed by atoms with E-state index in [0.717, 1.165) is 4.47 Å². The number of halogens is 4. The predicted molar refractivity (Wildman–Crippen MR) is 64.7 cm³/mol. The lowest BCUT2D eigenvalue weighted by Gasteiger charge is -2.24. The van der Waals surface area contributed by atoms with Gasteiger partial charge in [0.1, 0.15) is 12.1 Å². The standard InChI is InChI=1S/C11H12BrF3N2O/c1-10(16,7-2-4-8(12)5-3-7)9(18)17-6-11(13,14)15/h2-5H,6,16H2,1H3,(H,17,18). The normalized spacial score (nSPS) is 15.0. The molecule has 1 rings (SSSR count). The number of hydrogen-bond acceptors (Lipinski definition) is 2. The number of benzene rings is 1. The Hall–Kier alpha value is -1.08. The van der Waals surface area contributed by atoms with Gasteiger partial charge in [-0.1, -0.05) is 28.1 Å². The molecular formula is C11H12BrF3N2O. The van der Waals surface area contributed by atoms with Gasteiger partial charge in [0.05, 0.1) is 0 Å². The van der Waals surface area contributed by atoms with Crippen LogP contribution in [0.5, 0.6) is 0 Å². The van der Waals surface area contributed by atoms with E-state index in [0.29, 0.717) is 5.56 Å². The van der Waals surface area contributed by atoms with E-state index in [1.807, 2.05) is 0 Å². The Morgan fingerprint density at radius 1 is 1.33 bits per heavy atom. The SMILES string of the molecule is CC(N)(C(=O)NCC(F)(F)F)c1ccc(Br)cc1. The van der Waals surface area contributed by atoms with E-state index in [9.17, 15) is 18.0 Å². The minimum absolute atomic E-state index is 0.436. The molecule has 0 radical (unpaired) electrons. The summed E-state index contributed by atoms with van der Waals surface area (Å²) in [5.74, 6) is -0.873. The highest BCUT2D eigenvalue weighted by Crippen LogP contribution is 2.21. The maximum absolute atomic E-state index is 12.0. The summed E-state index contributed by atoms with van der Waals surface area (Å²) < 4.78 is 36.8. The Labute approximate surface area is 111 Å². The van der Waals surface area contributed by atoms with E-state index >= 15 is 0 Å². The van der Waals surface area contributed by atoms with Crippen LogP contribution in [0.25, 0.3) is 0 Å². The van der Waals surface area contributed by atoms with Gasteiger partial charge >= 0.3 is 6.18 Å². The summed E-state index contributed by atoms with van der Waals surface area (Å²) in [6.07, 6.45) is -4.45. The van der Waals surface area contributed by atoms with E-state index in [1.54, 1.807) is 29.6 Å². The second kappa shape index (κ2) is 5.27. The number of amides is 1. The molecule has 1 aromatic carbocycles. The summed E-state index contributed by atoms with van der Waals surface area (Å²) in [5.41, 5.74) is 4.69. The minimum atomic E-state index is -4.45. The maximum atomic E-state index is 12.0. The average Bonchev–Trinajstić information content (AvgIpc) is 2.25. The lowest BCUT2D eigenvalue weighted by Crippen LogP contribution is -2.51. The number of rotatable bonds is 3. The summed E-state index contributed by atoms with van der Waals surface area (Å²) in [4.78, 5) is 11.6. The maximum Gasteiger partial charge on any atom is 0.405 e. The molecule has 0 saturated carbocycles. The molecule has 0 bridgehead atoms. The fourth-order valence-electron chi connectivity index (χ4n) is 1.29. The first-order valence-corrected chi connectivity index (χ1v) is 5.82. The lowest BCUT2D eigenvalue weighted by atomic mass is 9.92. The van der Waals surface area contributed by atoms with E-state index in [4.69, 9.17) is 5.73 Å². The van der Waals surface area contributed by atoms with Gasteiger partial charge in [0, 0.05) is 4.47 Å². The zero-order valence-electron chi connectivity index (χ0n) is 9.51. The van der Waals surface area contributed by atoms with Crippen molar-refractivity contribution in [3.8, 4) is 0 Å². The van der Waals surface area contributed by atoms with Crippen molar-refractivity contribution in [2.75, 3.05) is 6.54 Å². The third-order valence-corrected chi connectivity index (χ3v) is 2.89. The second-order valence-corrected chi connectivity index (χ2v) is 4.92. The van der Waals surface area contributed by atoms with Crippen LogP contribution < -0.4 is 11.1 Å². The molecule has 3 N–H and O–H groups in total. The monoisotopic (exact) mass is 324 g/mol. The second-order valence-electron chi connectivity index (χ2n) is 4.01. The molecule has 1 aromatic rings. The summed E-state index contributed by atoms with van der Waals surface area (Å²) in [5, 5.41) is 1.78. The fraction of sp³-hybridized carbons (Fsp3) is 0.364. The van der Waals surface area contributed by atoms with Crippen molar-refractivity contribution < 1.29 is 18.0 Å². The van der Waals surface area contributed by atoms with Crippen LogP contribution in [0, 0.1) is 0 Å². The first kappa shape index (κ1) is 15.0. The highest BCUT2D eigenvalue weighted by Gasteiger charge is 2.34. The molecule has 0 spiro atoms. The van der Waals surface area contributed by atoms with Crippen molar-refractivity contribution in [3.05, 3.63) is 34.3 Å². The van der Waals surface area contributed by atoms with E-state index < -0.39 is 24.2 Å². The largest absolute Gasteiger partial charge is 0.405 e. The van der Waals surface area contributed by atoms with Crippen LogP contribution in [0.1, 0.15) is 12.5 Å². The van der Waals surface area contributed by atoms with Gasteiger partial charge in [-0.15, -0.1) is 0 Å². The molecule has 18 heavy (non-hydrogen) atoms. The number of nitrogens with one attached hydrogen (secondary N) is 1. The molecule has 0 aliphatic rings. The van der Waals surface area contributed by atoms with Crippen molar-refractivity contribution in [3.63, 3.8) is 0 Å². The number of carbonyl (C=O) groups is 1. The highest BCUT2D eigenvalue weighted by atomic mass is 79.9. The fourth-order valence-corrected chi connectivity index (χ4v) is 1.56. The van der Waals surface area contributed by atoms with Gasteiger partial charge in [-0.3, -0.25) is 4.79 Å². The quantitative estimate of drug-likeness (QED) is 0.896. The lowest BCUT2D eigenvalue weighted by molar-refractivity contribution is -0.141. The van der Waals surface area contributed by atoms with Crippen molar-refractivity contribution in [2.45, 2.75) is 18.6 Å². The summed E-state index contributed by atoms with van der Waals surface area (Å²) >= 11 is 3.22. The minimum Gasteiger partial charge on any atom is -0.345 e. The van der Waals surface area contributed by atoms with Gasteiger partial charge in [0.25, 0.3) is 0 Å². The Bertz CT molecular complexity index is 429. The topological polar surface area (TPSA) is 55.1 Å². The predicted octanol–water partition coefficient (Wildman–Crippen LogP) is 2.30. The van der Waals surface area contributed by atoms with E-state index in [-0.39, 0.29) is 0 Å². The molecule has 0 heterocycles. The Balaban J connectivity index is 2.79. The zero-order chi connectivity index (χ0) is 14.0. The Kier molecular flexibility index (Phi) is 4.39. The van der Waals surface area contributed by atoms with Crippen LogP contribution in [0.4, 0.5) is 13.2 Å². The van der Waals surface area contributed by atoms with Crippen LogP contribution in [0.15, 0.2) is 28.7 Å². The molecule has 0 aliphatic heterocycles. The van der Waals surface area contributed by atoms with Crippen molar-refractivity contribution in [1.29, 1.82) is 0 Å². The summed E-state index contributed by atoms with van der Waals surface area (Å²) in [7, 11) is 0. The van der Waals surface area contributed by atoms with Gasteiger partial charge in [-0.25, -0.2) is 0 Å². The molecule has 3 nitrogen and oxygen atoms in total. The molecule has 0 aliphatic carbocycles. The number of alkyl halides is 3. The van der Waals surface area contributed by atoms with Crippen LogP contribution in [0.2, 0.25) is 0 Å². The van der Waals surface area contributed by atoms with Gasteiger partial charge in [0.15, 0.2) is 0 Å². The molecule has 7 heteroatoms. The Morgan fingerprint density at radius 2 is 1.83 bits per heavy atom. The first-order chi connectivity index (χ1) is 8.13. The van der Waals surface area contributed by atoms with Gasteiger partial charge < -0.3 is 11.1 Å². The van der Waals surface area contributed by atoms with E-state index in [2.05, 4.69) is 15.9 Å². The molecule has 1 atom stereocenters. The number of hydrogen-bond donors (Lipinski definition) is 2. The molecular weight excluding hydrogens is 313 g/mol. The zero-order valence-corrected chi connectivity index (χ0v) is 11.1. The van der Waals surface area contributed by atoms with Gasteiger partial charge in [0.2, 0.25) is 5.91 Å². The number of nitrogens with two attached hydrogens (primary N) is 1. The van der Waals surface area contributed by atoms with Crippen LogP contribution in [-0.2, 0) is 10.3 Å². The van der Waals surface area contributed by atoms with Gasteiger partial charge in [-0.2, -0.15) is 13.2 Å². The Morgan fingerprint density at radius 3 is 2.28 bits per heavy atom. The van der Waals surface area contributed by atoms with Crippen LogP contribution >= 0.6 is 15.9 Å². The molecule has 1 amide bonds. The number of carbonyl (C=O) groups excluding carboxylic acids is 1. The summed E-state index contributed by atoms with van der Waals surface area (Å²) in [6.45, 7) is -0.0307. The first-order valence-electron chi connectivity index (χ1n) is 5.03. The molecule has 100 valence electrons. The molecule has 0 saturated heterocycles. The van der Waals surface area contributed by atoms with E-state index in [1.165, 1.54) is 6.92 Å². The molecule has 0 aromatic heterocycles. The molecule has 1 unspecified atom stereocenters. The summed E-state index contributed by atoms with van der Waals surface area (Å²) in [6, 6.07) is 6.49.